The Labute approximate surface area is 134 Å². The van der Waals surface area contributed by atoms with Crippen molar-refractivity contribution in [3.63, 3.8) is 0 Å². The number of aromatic nitrogens is 3. The van der Waals surface area contributed by atoms with Crippen molar-refractivity contribution < 1.29 is 14.1 Å². The van der Waals surface area contributed by atoms with Crippen LogP contribution in [0.1, 0.15) is 22.5 Å². The van der Waals surface area contributed by atoms with Gasteiger partial charge in [-0.1, -0.05) is 5.16 Å². The van der Waals surface area contributed by atoms with Crippen LogP contribution in [0, 0.1) is 6.92 Å². The third-order valence-corrected chi connectivity index (χ3v) is 3.76. The van der Waals surface area contributed by atoms with Crippen molar-refractivity contribution in [2.24, 2.45) is 0 Å². The van der Waals surface area contributed by atoms with Gasteiger partial charge in [0.05, 0.1) is 25.1 Å². The Morgan fingerprint density at radius 2 is 2.22 bits per heavy atom. The number of likely N-dealkylation sites (tertiary alicyclic amines) is 1. The van der Waals surface area contributed by atoms with Crippen molar-refractivity contribution in [1.29, 1.82) is 0 Å². The van der Waals surface area contributed by atoms with Gasteiger partial charge >= 0.3 is 0 Å². The molecule has 1 aliphatic heterocycles. The van der Waals surface area contributed by atoms with Gasteiger partial charge in [0.15, 0.2) is 5.82 Å². The Bertz CT molecular complexity index is 700. The van der Waals surface area contributed by atoms with E-state index < -0.39 is 0 Å². The molecule has 1 atom stereocenters. The molecule has 1 fully saturated rings. The van der Waals surface area contributed by atoms with Crippen LogP contribution >= 0.6 is 0 Å². The van der Waals surface area contributed by atoms with Crippen LogP contribution in [0.4, 0.5) is 5.82 Å². The molecule has 0 aromatic carbocycles. The summed E-state index contributed by atoms with van der Waals surface area (Å²) in [6.07, 6.45) is 5.38. The third kappa shape index (κ3) is 3.25. The fourth-order valence-electron chi connectivity index (χ4n) is 2.46. The molecule has 2 aromatic rings. The molecule has 1 amide bonds. The molecule has 0 spiro atoms. The van der Waals surface area contributed by atoms with E-state index in [2.05, 4.69) is 15.1 Å². The van der Waals surface area contributed by atoms with Gasteiger partial charge in [0, 0.05) is 27.1 Å². The topological polar surface area (TPSA) is 84.6 Å². The maximum Gasteiger partial charge on any atom is 0.259 e. The van der Waals surface area contributed by atoms with Crippen molar-refractivity contribution in [2.45, 2.75) is 19.4 Å². The highest BCUT2D eigenvalue weighted by Gasteiger charge is 2.30. The number of anilines is 1. The molecule has 0 radical (unpaired) electrons. The van der Waals surface area contributed by atoms with Crippen LogP contribution in [-0.2, 0) is 0 Å². The van der Waals surface area contributed by atoms with Crippen molar-refractivity contribution in [3.8, 4) is 5.88 Å². The fourth-order valence-corrected chi connectivity index (χ4v) is 2.46. The molecule has 23 heavy (non-hydrogen) atoms. The molecule has 0 saturated carbocycles. The average Bonchev–Trinajstić information content (AvgIpc) is 3.16. The number of carbonyl (C=O) groups is 1. The number of amides is 1. The number of rotatable bonds is 4. The molecular weight excluding hydrogens is 298 g/mol. The largest absolute Gasteiger partial charge is 0.471 e. The summed E-state index contributed by atoms with van der Waals surface area (Å²) in [6, 6.07) is 0. The second-order valence-electron chi connectivity index (χ2n) is 5.69. The highest BCUT2D eigenvalue weighted by Crippen LogP contribution is 2.20. The van der Waals surface area contributed by atoms with Gasteiger partial charge in [0.25, 0.3) is 5.91 Å². The van der Waals surface area contributed by atoms with Gasteiger partial charge in [0.2, 0.25) is 5.88 Å². The normalized spacial score (nSPS) is 17.3. The zero-order valence-electron chi connectivity index (χ0n) is 13.4. The van der Waals surface area contributed by atoms with Crippen molar-refractivity contribution in [1.82, 2.24) is 20.0 Å². The highest BCUT2D eigenvalue weighted by atomic mass is 16.5. The summed E-state index contributed by atoms with van der Waals surface area (Å²) in [5.41, 5.74) is 0.500. The van der Waals surface area contributed by atoms with E-state index in [4.69, 9.17) is 9.26 Å². The third-order valence-electron chi connectivity index (χ3n) is 3.76. The Morgan fingerprint density at radius 1 is 1.39 bits per heavy atom. The standard InChI is InChI=1S/C15H19N5O3/c1-10-12(6-17-23-10)15(21)20-5-4-11(9-20)22-14-8-16-7-13(18-14)19(2)3/h6-8,11H,4-5,9H2,1-3H3. The van der Waals surface area contributed by atoms with E-state index >= 15 is 0 Å². The first-order valence-corrected chi connectivity index (χ1v) is 7.41. The first-order chi connectivity index (χ1) is 11.0. The van der Waals surface area contributed by atoms with Crippen LogP contribution in [0.2, 0.25) is 0 Å². The molecule has 1 aliphatic rings. The van der Waals surface area contributed by atoms with Crippen LogP contribution in [0.5, 0.6) is 5.88 Å². The molecule has 3 heterocycles. The second-order valence-corrected chi connectivity index (χ2v) is 5.69. The zero-order valence-corrected chi connectivity index (χ0v) is 13.4. The highest BCUT2D eigenvalue weighted by molar-refractivity contribution is 5.94. The molecule has 2 aromatic heterocycles. The number of hydrogen-bond acceptors (Lipinski definition) is 7. The molecule has 0 aliphatic carbocycles. The Hall–Kier alpha value is -2.64. The number of hydrogen-bond donors (Lipinski definition) is 0. The van der Waals surface area contributed by atoms with E-state index in [-0.39, 0.29) is 12.0 Å². The fraction of sp³-hybridized carbons (Fsp3) is 0.467. The summed E-state index contributed by atoms with van der Waals surface area (Å²) < 4.78 is 10.8. The zero-order chi connectivity index (χ0) is 16.4. The molecule has 1 unspecified atom stereocenters. The molecule has 1 saturated heterocycles. The lowest BCUT2D eigenvalue weighted by Gasteiger charge is -2.17. The molecule has 8 heteroatoms. The van der Waals surface area contributed by atoms with Crippen LogP contribution in [0.25, 0.3) is 0 Å². The van der Waals surface area contributed by atoms with Gasteiger partial charge in [-0.25, -0.2) is 0 Å². The van der Waals surface area contributed by atoms with Crippen LogP contribution in [0.3, 0.4) is 0 Å². The minimum Gasteiger partial charge on any atom is -0.471 e. The van der Waals surface area contributed by atoms with Crippen LogP contribution in [0.15, 0.2) is 23.1 Å². The lowest BCUT2D eigenvalue weighted by Crippen LogP contribution is -2.31. The number of nitrogens with zero attached hydrogens (tertiary/aromatic N) is 5. The van der Waals surface area contributed by atoms with E-state index in [0.717, 1.165) is 12.2 Å². The minimum atomic E-state index is -0.0918. The first kappa shape index (κ1) is 15.3. The molecule has 3 rings (SSSR count). The summed E-state index contributed by atoms with van der Waals surface area (Å²) in [5.74, 6) is 1.65. The van der Waals surface area contributed by atoms with E-state index in [1.165, 1.54) is 6.20 Å². The van der Waals surface area contributed by atoms with Gasteiger partial charge in [-0.3, -0.25) is 9.78 Å². The SMILES string of the molecule is Cc1oncc1C(=O)N1CCC(Oc2cncc(N(C)C)n2)C1. The Morgan fingerprint density at radius 3 is 2.91 bits per heavy atom. The summed E-state index contributed by atoms with van der Waals surface area (Å²) in [7, 11) is 3.79. The van der Waals surface area contributed by atoms with Gasteiger partial charge in [-0.15, -0.1) is 0 Å². The quantitative estimate of drug-likeness (QED) is 0.835. The van der Waals surface area contributed by atoms with Crippen molar-refractivity contribution in [3.05, 3.63) is 29.9 Å². The van der Waals surface area contributed by atoms with Gasteiger partial charge in [-0.05, 0) is 6.92 Å². The monoisotopic (exact) mass is 317 g/mol. The van der Waals surface area contributed by atoms with Crippen molar-refractivity contribution >= 4 is 11.7 Å². The Balaban J connectivity index is 1.63. The lowest BCUT2D eigenvalue weighted by molar-refractivity contribution is 0.0769. The van der Waals surface area contributed by atoms with Crippen LogP contribution in [-0.4, -0.2) is 59.2 Å². The summed E-state index contributed by atoms with van der Waals surface area (Å²) in [6.45, 7) is 2.87. The number of carbonyl (C=O) groups excluding carboxylic acids is 1. The lowest BCUT2D eigenvalue weighted by atomic mass is 10.2. The predicted octanol–water partition coefficient (Wildman–Crippen LogP) is 1.13. The summed E-state index contributed by atoms with van der Waals surface area (Å²) >= 11 is 0. The van der Waals surface area contributed by atoms with Gasteiger partial charge in [-0.2, -0.15) is 4.98 Å². The maximum atomic E-state index is 12.4. The smallest absolute Gasteiger partial charge is 0.259 e. The molecule has 8 nitrogen and oxygen atoms in total. The number of aryl methyl sites for hydroxylation is 1. The molecular formula is C15H19N5O3. The molecule has 122 valence electrons. The van der Waals surface area contributed by atoms with E-state index in [1.54, 1.807) is 24.2 Å². The van der Waals surface area contributed by atoms with Gasteiger partial charge < -0.3 is 19.1 Å². The molecule has 0 bridgehead atoms. The molecule has 0 N–H and O–H groups in total. The summed E-state index contributed by atoms with van der Waals surface area (Å²) in [4.78, 5) is 24.5. The first-order valence-electron chi connectivity index (χ1n) is 7.41. The second kappa shape index (κ2) is 6.23. The minimum absolute atomic E-state index is 0.0806. The van der Waals surface area contributed by atoms with Crippen LogP contribution < -0.4 is 9.64 Å². The van der Waals surface area contributed by atoms with E-state index in [1.807, 2.05) is 19.0 Å². The summed E-state index contributed by atoms with van der Waals surface area (Å²) in [5, 5.41) is 3.65. The van der Waals surface area contributed by atoms with Gasteiger partial charge in [0.1, 0.15) is 17.4 Å². The Kier molecular flexibility index (Phi) is 4.14. The maximum absolute atomic E-state index is 12.4. The van der Waals surface area contributed by atoms with E-state index in [9.17, 15) is 4.79 Å². The predicted molar refractivity (Wildman–Crippen MR) is 82.5 cm³/mol. The van der Waals surface area contributed by atoms with Crippen molar-refractivity contribution in [2.75, 3.05) is 32.1 Å². The number of ether oxygens (including phenoxy) is 1. The van der Waals surface area contributed by atoms with E-state index in [0.29, 0.717) is 30.3 Å². The average molecular weight is 317 g/mol.